The standard InChI is InChI=1S/C13H19NS/c1-12(2)8-13(3,4)15-11-6-5-9(14)7-10(11)12/h5-7H,8,14H2,1-4H3. The smallest absolute Gasteiger partial charge is 0.0317 e. The first-order chi connectivity index (χ1) is 6.80. The number of anilines is 1. The third kappa shape index (κ3) is 2.00. The minimum atomic E-state index is 0.236. The van der Waals surface area contributed by atoms with Gasteiger partial charge >= 0.3 is 0 Å². The molecule has 0 amide bonds. The monoisotopic (exact) mass is 221 g/mol. The average Bonchev–Trinajstić information content (AvgIpc) is 2.03. The summed E-state index contributed by atoms with van der Waals surface area (Å²) in [5.41, 5.74) is 8.38. The van der Waals surface area contributed by atoms with Gasteiger partial charge in [-0.1, -0.05) is 27.7 Å². The Hall–Kier alpha value is -0.630. The minimum Gasteiger partial charge on any atom is -0.399 e. The van der Waals surface area contributed by atoms with Crippen LogP contribution in [0.3, 0.4) is 0 Å². The van der Waals surface area contributed by atoms with Crippen LogP contribution >= 0.6 is 11.8 Å². The number of benzene rings is 1. The van der Waals surface area contributed by atoms with Gasteiger partial charge in [0, 0.05) is 15.3 Å². The molecule has 1 aliphatic heterocycles. The summed E-state index contributed by atoms with van der Waals surface area (Å²) in [4.78, 5) is 1.39. The highest BCUT2D eigenvalue weighted by Crippen LogP contribution is 2.51. The Morgan fingerprint density at radius 3 is 2.53 bits per heavy atom. The van der Waals surface area contributed by atoms with Crippen LogP contribution < -0.4 is 5.73 Å². The molecular weight excluding hydrogens is 202 g/mol. The molecular formula is C13H19NS. The normalized spacial score (nSPS) is 22.1. The fraction of sp³-hybridized carbons (Fsp3) is 0.538. The van der Waals surface area contributed by atoms with Crippen molar-refractivity contribution in [2.45, 2.75) is 49.2 Å². The summed E-state index contributed by atoms with van der Waals surface area (Å²) < 4.78 is 0.326. The van der Waals surface area contributed by atoms with Crippen molar-refractivity contribution in [1.82, 2.24) is 0 Å². The van der Waals surface area contributed by atoms with Gasteiger partial charge in [-0.25, -0.2) is 0 Å². The molecule has 0 bridgehead atoms. The fourth-order valence-corrected chi connectivity index (χ4v) is 4.27. The highest BCUT2D eigenvalue weighted by Gasteiger charge is 2.37. The number of nitrogens with two attached hydrogens (primary N) is 1. The van der Waals surface area contributed by atoms with E-state index in [0.29, 0.717) is 4.75 Å². The van der Waals surface area contributed by atoms with E-state index in [0.717, 1.165) is 5.69 Å². The molecule has 0 unspecified atom stereocenters. The molecule has 1 heterocycles. The van der Waals surface area contributed by atoms with Gasteiger partial charge in [-0.15, -0.1) is 11.8 Å². The lowest BCUT2D eigenvalue weighted by Gasteiger charge is -2.41. The quantitative estimate of drug-likeness (QED) is 0.674. The minimum absolute atomic E-state index is 0.236. The predicted octanol–water partition coefficient (Wildman–Crippen LogP) is 3.82. The van der Waals surface area contributed by atoms with E-state index in [1.165, 1.54) is 16.9 Å². The van der Waals surface area contributed by atoms with Crippen molar-refractivity contribution in [2.75, 3.05) is 5.73 Å². The second-order valence-corrected chi connectivity index (χ2v) is 7.43. The summed E-state index contributed by atoms with van der Waals surface area (Å²) in [7, 11) is 0. The van der Waals surface area contributed by atoms with Crippen molar-refractivity contribution < 1.29 is 0 Å². The fourth-order valence-electron chi connectivity index (χ4n) is 2.66. The van der Waals surface area contributed by atoms with Crippen molar-refractivity contribution in [3.05, 3.63) is 23.8 Å². The molecule has 0 atom stereocenters. The molecule has 1 nitrogen and oxygen atoms in total. The number of hydrogen-bond acceptors (Lipinski definition) is 2. The van der Waals surface area contributed by atoms with Crippen molar-refractivity contribution in [3.63, 3.8) is 0 Å². The van der Waals surface area contributed by atoms with Gasteiger partial charge < -0.3 is 5.73 Å². The van der Waals surface area contributed by atoms with E-state index in [1.54, 1.807) is 0 Å². The van der Waals surface area contributed by atoms with Crippen LogP contribution in [-0.4, -0.2) is 4.75 Å². The van der Waals surface area contributed by atoms with Crippen molar-refractivity contribution >= 4 is 17.4 Å². The molecule has 2 rings (SSSR count). The Bertz CT molecular complexity index is 394. The predicted molar refractivity (Wildman–Crippen MR) is 68.4 cm³/mol. The number of thioether (sulfide) groups is 1. The first-order valence-electron chi connectivity index (χ1n) is 5.39. The van der Waals surface area contributed by atoms with Gasteiger partial charge in [-0.3, -0.25) is 0 Å². The summed E-state index contributed by atoms with van der Waals surface area (Å²) in [6.07, 6.45) is 1.20. The van der Waals surface area contributed by atoms with Crippen molar-refractivity contribution in [3.8, 4) is 0 Å². The lowest BCUT2D eigenvalue weighted by Crippen LogP contribution is -2.33. The number of nitrogen functional groups attached to an aromatic ring is 1. The maximum atomic E-state index is 5.86. The molecule has 1 aliphatic rings. The Kier molecular flexibility index (Phi) is 2.30. The van der Waals surface area contributed by atoms with Gasteiger partial charge in [-0.05, 0) is 35.6 Å². The van der Waals surface area contributed by atoms with E-state index in [1.807, 2.05) is 17.8 Å². The zero-order valence-corrected chi connectivity index (χ0v) is 10.7. The van der Waals surface area contributed by atoms with Gasteiger partial charge in [0.15, 0.2) is 0 Å². The summed E-state index contributed by atoms with van der Waals surface area (Å²) in [6, 6.07) is 6.30. The Labute approximate surface area is 96.4 Å². The molecule has 0 radical (unpaired) electrons. The van der Waals surface area contributed by atoms with Crippen LogP contribution in [-0.2, 0) is 5.41 Å². The van der Waals surface area contributed by atoms with Crippen LogP contribution in [0.2, 0.25) is 0 Å². The van der Waals surface area contributed by atoms with Crippen LogP contribution in [0.1, 0.15) is 39.7 Å². The maximum absolute atomic E-state index is 5.86. The lowest BCUT2D eigenvalue weighted by molar-refractivity contribution is 0.408. The molecule has 15 heavy (non-hydrogen) atoms. The van der Waals surface area contributed by atoms with Gasteiger partial charge in [0.2, 0.25) is 0 Å². The molecule has 2 N–H and O–H groups in total. The Morgan fingerprint density at radius 2 is 1.87 bits per heavy atom. The molecule has 82 valence electrons. The zero-order valence-electron chi connectivity index (χ0n) is 9.92. The lowest BCUT2D eigenvalue weighted by atomic mass is 9.77. The molecule has 1 aromatic carbocycles. The molecule has 0 saturated heterocycles. The van der Waals surface area contributed by atoms with E-state index >= 15 is 0 Å². The van der Waals surface area contributed by atoms with Crippen LogP contribution in [0.25, 0.3) is 0 Å². The topological polar surface area (TPSA) is 26.0 Å². The first kappa shape index (κ1) is 10.9. The van der Waals surface area contributed by atoms with Crippen LogP contribution in [0.5, 0.6) is 0 Å². The number of hydrogen-bond donors (Lipinski definition) is 1. The SMILES string of the molecule is CC1(C)CC(C)(C)c2cc(N)ccc2S1. The van der Waals surface area contributed by atoms with E-state index < -0.39 is 0 Å². The van der Waals surface area contributed by atoms with Gasteiger partial charge in [0.25, 0.3) is 0 Å². The van der Waals surface area contributed by atoms with Crippen LogP contribution in [0, 0.1) is 0 Å². The maximum Gasteiger partial charge on any atom is 0.0317 e. The van der Waals surface area contributed by atoms with Gasteiger partial charge in [-0.2, -0.15) is 0 Å². The molecule has 0 aliphatic carbocycles. The summed E-state index contributed by atoms with van der Waals surface area (Å²) >= 11 is 1.97. The average molecular weight is 221 g/mol. The van der Waals surface area contributed by atoms with Crippen LogP contribution in [0.4, 0.5) is 5.69 Å². The van der Waals surface area contributed by atoms with Crippen molar-refractivity contribution in [2.24, 2.45) is 0 Å². The molecule has 0 saturated carbocycles. The van der Waals surface area contributed by atoms with Gasteiger partial charge in [0.1, 0.15) is 0 Å². The summed E-state index contributed by atoms with van der Waals surface area (Å²) in [6.45, 7) is 9.26. The third-order valence-corrected chi connectivity index (χ3v) is 4.26. The highest BCUT2D eigenvalue weighted by molar-refractivity contribution is 8.00. The largest absolute Gasteiger partial charge is 0.399 e. The number of fused-ring (bicyclic) bond motifs is 1. The van der Waals surface area contributed by atoms with E-state index in [4.69, 9.17) is 5.73 Å². The van der Waals surface area contributed by atoms with E-state index in [-0.39, 0.29) is 5.41 Å². The van der Waals surface area contributed by atoms with Gasteiger partial charge in [0.05, 0.1) is 0 Å². The Morgan fingerprint density at radius 1 is 1.20 bits per heavy atom. The van der Waals surface area contributed by atoms with E-state index in [9.17, 15) is 0 Å². The molecule has 0 aromatic heterocycles. The zero-order chi connectivity index (χ0) is 11.3. The summed E-state index contributed by atoms with van der Waals surface area (Å²) in [5.74, 6) is 0. The summed E-state index contributed by atoms with van der Waals surface area (Å²) in [5, 5.41) is 0. The van der Waals surface area contributed by atoms with E-state index in [2.05, 4.69) is 39.8 Å². The Balaban J connectivity index is 2.55. The van der Waals surface area contributed by atoms with Crippen molar-refractivity contribution in [1.29, 1.82) is 0 Å². The molecule has 2 heteroatoms. The molecule has 0 fully saturated rings. The highest BCUT2D eigenvalue weighted by atomic mass is 32.2. The van der Waals surface area contributed by atoms with Crippen LogP contribution in [0.15, 0.2) is 23.1 Å². The second-order valence-electron chi connectivity index (χ2n) is 5.68. The molecule has 0 spiro atoms. The number of rotatable bonds is 0. The third-order valence-electron chi connectivity index (χ3n) is 2.99. The second kappa shape index (κ2) is 3.18. The first-order valence-corrected chi connectivity index (χ1v) is 6.21. The molecule has 1 aromatic rings.